The van der Waals surface area contributed by atoms with E-state index in [1.54, 1.807) is 14.2 Å². The second-order valence-corrected chi connectivity index (χ2v) is 5.62. The minimum absolute atomic E-state index is 0.168. The van der Waals surface area contributed by atoms with Crippen molar-refractivity contribution in [1.82, 2.24) is 0 Å². The van der Waals surface area contributed by atoms with Gasteiger partial charge in [-0.25, -0.2) is 0 Å². The van der Waals surface area contributed by atoms with Crippen LogP contribution in [0.5, 0.6) is 17.2 Å². The van der Waals surface area contributed by atoms with Crippen LogP contribution in [0, 0.1) is 0 Å². The molecule has 0 aromatic heterocycles. The van der Waals surface area contributed by atoms with Crippen LogP contribution in [0.4, 0.5) is 0 Å². The minimum Gasteiger partial charge on any atom is -0.493 e. The third kappa shape index (κ3) is 4.89. The first-order chi connectivity index (χ1) is 11.1. The molecular formula is C19H25NO3. The van der Waals surface area contributed by atoms with Gasteiger partial charge in [0.25, 0.3) is 0 Å². The number of hydrogen-bond donors (Lipinski definition) is 1. The van der Waals surface area contributed by atoms with Gasteiger partial charge < -0.3 is 19.9 Å². The van der Waals surface area contributed by atoms with Crippen LogP contribution >= 0.6 is 0 Å². The molecule has 0 aliphatic heterocycles. The summed E-state index contributed by atoms with van der Waals surface area (Å²) < 4.78 is 16.9. The lowest BCUT2D eigenvalue weighted by Gasteiger charge is -2.16. The first kappa shape index (κ1) is 17.2. The lowest BCUT2D eigenvalue weighted by atomic mass is 10.1. The maximum absolute atomic E-state index is 5.94. The Morgan fingerprint density at radius 3 is 2.09 bits per heavy atom. The topological polar surface area (TPSA) is 53.7 Å². The zero-order valence-electron chi connectivity index (χ0n) is 14.0. The molecule has 0 fully saturated rings. The van der Waals surface area contributed by atoms with Crippen LogP contribution in [0.2, 0.25) is 0 Å². The quantitative estimate of drug-likeness (QED) is 0.809. The fourth-order valence-corrected chi connectivity index (χ4v) is 2.34. The van der Waals surface area contributed by atoms with E-state index in [0.29, 0.717) is 23.9 Å². The fraction of sp³-hybridized carbons (Fsp3) is 0.368. The molecule has 4 heteroatoms. The van der Waals surface area contributed by atoms with Crippen molar-refractivity contribution in [3.63, 3.8) is 0 Å². The van der Waals surface area contributed by atoms with Crippen molar-refractivity contribution in [1.29, 1.82) is 0 Å². The van der Waals surface area contributed by atoms with Crippen LogP contribution < -0.4 is 19.9 Å². The van der Waals surface area contributed by atoms with Crippen molar-refractivity contribution < 1.29 is 14.2 Å². The maximum Gasteiger partial charge on any atom is 0.203 e. The van der Waals surface area contributed by atoms with Gasteiger partial charge in [-0.3, -0.25) is 0 Å². The second-order valence-electron chi connectivity index (χ2n) is 5.62. The van der Waals surface area contributed by atoms with E-state index < -0.39 is 0 Å². The molecule has 0 aliphatic carbocycles. The van der Waals surface area contributed by atoms with E-state index in [2.05, 4.69) is 0 Å². The van der Waals surface area contributed by atoms with E-state index in [9.17, 15) is 0 Å². The summed E-state index contributed by atoms with van der Waals surface area (Å²) in [6, 6.07) is 14.2. The molecule has 0 spiro atoms. The third-order valence-electron chi connectivity index (χ3n) is 3.63. The van der Waals surface area contributed by atoms with Gasteiger partial charge in [-0.15, -0.1) is 0 Å². The van der Waals surface area contributed by atoms with Gasteiger partial charge in [0.1, 0.15) is 6.61 Å². The van der Waals surface area contributed by atoms with Crippen LogP contribution in [0.25, 0.3) is 0 Å². The lowest BCUT2D eigenvalue weighted by Crippen LogP contribution is -2.15. The molecule has 2 N–H and O–H groups in total. The molecule has 4 nitrogen and oxygen atoms in total. The molecule has 2 aromatic carbocycles. The van der Waals surface area contributed by atoms with Crippen molar-refractivity contribution in [2.24, 2.45) is 5.73 Å². The number of aryl methyl sites for hydroxylation is 1. The first-order valence-electron chi connectivity index (χ1n) is 7.81. The summed E-state index contributed by atoms with van der Waals surface area (Å²) >= 11 is 0. The third-order valence-corrected chi connectivity index (χ3v) is 3.63. The average Bonchev–Trinajstić information content (AvgIpc) is 2.58. The molecule has 0 aliphatic rings. The van der Waals surface area contributed by atoms with Crippen LogP contribution in [0.1, 0.15) is 24.5 Å². The molecule has 0 heterocycles. The summed E-state index contributed by atoms with van der Waals surface area (Å²) in [6.45, 7) is 2.47. The molecule has 0 saturated carbocycles. The number of hydrogen-bond acceptors (Lipinski definition) is 4. The molecule has 0 radical (unpaired) electrons. The Morgan fingerprint density at radius 2 is 1.57 bits per heavy atom. The molecule has 124 valence electrons. The smallest absolute Gasteiger partial charge is 0.203 e. The molecule has 1 unspecified atom stereocenters. The Balaban J connectivity index is 2.19. The van der Waals surface area contributed by atoms with E-state index in [0.717, 1.165) is 24.0 Å². The maximum atomic E-state index is 5.94. The molecule has 0 bridgehead atoms. The van der Waals surface area contributed by atoms with E-state index in [4.69, 9.17) is 19.9 Å². The Hall–Kier alpha value is -2.20. The van der Waals surface area contributed by atoms with Gasteiger partial charge >= 0.3 is 0 Å². The summed E-state index contributed by atoms with van der Waals surface area (Å²) in [5.74, 6) is 1.99. The van der Waals surface area contributed by atoms with Crippen molar-refractivity contribution >= 4 is 0 Å². The summed E-state index contributed by atoms with van der Waals surface area (Å²) in [5.41, 5.74) is 8.06. The number of ether oxygens (including phenoxy) is 3. The highest BCUT2D eigenvalue weighted by atomic mass is 16.5. The highest BCUT2D eigenvalue weighted by Gasteiger charge is 2.14. The number of benzene rings is 2. The number of nitrogens with two attached hydrogens (primary N) is 1. The first-order valence-corrected chi connectivity index (χ1v) is 7.81. The highest BCUT2D eigenvalue weighted by Crippen LogP contribution is 2.39. The Labute approximate surface area is 138 Å². The summed E-state index contributed by atoms with van der Waals surface area (Å²) in [6.07, 6.45) is 1.79. The lowest BCUT2D eigenvalue weighted by molar-refractivity contribution is 0.265. The Kier molecular flexibility index (Phi) is 6.29. The largest absolute Gasteiger partial charge is 0.493 e. The monoisotopic (exact) mass is 315 g/mol. The zero-order valence-corrected chi connectivity index (χ0v) is 14.0. The fourth-order valence-electron chi connectivity index (χ4n) is 2.34. The molecule has 2 rings (SSSR count). The molecular weight excluding hydrogens is 290 g/mol. The SMILES string of the molecule is COc1cc(CCC(C)N)cc(OC)c1OCc1ccccc1. The number of rotatable bonds is 8. The Morgan fingerprint density at radius 1 is 0.957 bits per heavy atom. The Bertz CT molecular complexity index is 586. The van der Waals surface area contributed by atoms with Crippen molar-refractivity contribution in [3.8, 4) is 17.2 Å². The molecule has 0 saturated heterocycles. The summed E-state index contributed by atoms with van der Waals surface area (Å²) in [5, 5.41) is 0. The van der Waals surface area contributed by atoms with E-state index in [1.807, 2.05) is 49.4 Å². The van der Waals surface area contributed by atoms with Crippen molar-refractivity contribution in [3.05, 3.63) is 53.6 Å². The molecule has 0 amide bonds. The van der Waals surface area contributed by atoms with Crippen LogP contribution in [0.15, 0.2) is 42.5 Å². The predicted molar refractivity (Wildman–Crippen MR) is 92.3 cm³/mol. The van der Waals surface area contributed by atoms with Gasteiger partial charge in [0.15, 0.2) is 11.5 Å². The highest BCUT2D eigenvalue weighted by molar-refractivity contribution is 5.54. The minimum atomic E-state index is 0.168. The van der Waals surface area contributed by atoms with E-state index in [1.165, 1.54) is 0 Å². The van der Waals surface area contributed by atoms with Crippen LogP contribution in [-0.2, 0) is 13.0 Å². The van der Waals surface area contributed by atoms with Gasteiger partial charge in [-0.2, -0.15) is 0 Å². The van der Waals surface area contributed by atoms with E-state index >= 15 is 0 Å². The number of methoxy groups -OCH3 is 2. The molecule has 23 heavy (non-hydrogen) atoms. The van der Waals surface area contributed by atoms with Crippen LogP contribution in [0.3, 0.4) is 0 Å². The van der Waals surface area contributed by atoms with Gasteiger partial charge in [-0.1, -0.05) is 30.3 Å². The van der Waals surface area contributed by atoms with Gasteiger partial charge in [-0.05, 0) is 43.0 Å². The zero-order chi connectivity index (χ0) is 16.7. The second kappa shape index (κ2) is 8.44. The van der Waals surface area contributed by atoms with Crippen LogP contribution in [-0.4, -0.2) is 20.3 Å². The van der Waals surface area contributed by atoms with Crippen molar-refractivity contribution in [2.45, 2.75) is 32.4 Å². The normalized spacial score (nSPS) is 11.8. The molecule has 2 aromatic rings. The molecule has 1 atom stereocenters. The van der Waals surface area contributed by atoms with Gasteiger partial charge in [0.2, 0.25) is 5.75 Å². The van der Waals surface area contributed by atoms with E-state index in [-0.39, 0.29) is 6.04 Å². The van der Waals surface area contributed by atoms with Gasteiger partial charge in [0.05, 0.1) is 14.2 Å². The summed E-state index contributed by atoms with van der Waals surface area (Å²) in [4.78, 5) is 0. The predicted octanol–water partition coefficient (Wildman–Crippen LogP) is 3.56. The average molecular weight is 315 g/mol. The van der Waals surface area contributed by atoms with Gasteiger partial charge in [0, 0.05) is 6.04 Å². The standard InChI is InChI=1S/C19H25NO3/c1-14(20)9-10-16-11-17(21-2)19(18(12-16)22-3)23-13-15-7-5-4-6-8-15/h4-8,11-12,14H,9-10,13,20H2,1-3H3. The summed E-state index contributed by atoms with van der Waals surface area (Å²) in [7, 11) is 3.28. The van der Waals surface area contributed by atoms with Crippen molar-refractivity contribution in [2.75, 3.05) is 14.2 Å².